The number of benzene rings is 1. The zero-order chi connectivity index (χ0) is 17.7. The summed E-state index contributed by atoms with van der Waals surface area (Å²) >= 11 is 0. The van der Waals surface area contributed by atoms with E-state index in [-0.39, 0.29) is 24.2 Å². The fourth-order valence-corrected chi connectivity index (χ4v) is 4.00. The molecule has 25 heavy (non-hydrogen) atoms. The predicted molar refractivity (Wildman–Crippen MR) is 99.9 cm³/mol. The summed E-state index contributed by atoms with van der Waals surface area (Å²) in [5, 5.41) is 13.4. The molecule has 2 unspecified atom stereocenters. The summed E-state index contributed by atoms with van der Waals surface area (Å²) in [5.41, 5.74) is 2.57. The highest BCUT2D eigenvalue weighted by atomic mass is 16.5. The van der Waals surface area contributed by atoms with Crippen molar-refractivity contribution in [2.24, 2.45) is 5.41 Å². The maximum atomic E-state index is 9.84. The van der Waals surface area contributed by atoms with E-state index >= 15 is 0 Å². The zero-order valence-electron chi connectivity index (χ0n) is 15.5. The van der Waals surface area contributed by atoms with Crippen LogP contribution >= 0.6 is 0 Å². The van der Waals surface area contributed by atoms with Crippen LogP contribution in [0.5, 0.6) is 0 Å². The van der Waals surface area contributed by atoms with Gasteiger partial charge in [0, 0.05) is 50.5 Å². The van der Waals surface area contributed by atoms with E-state index in [1.54, 1.807) is 0 Å². The number of hydrogen-bond acceptors (Lipinski definition) is 5. The van der Waals surface area contributed by atoms with Gasteiger partial charge in [-0.2, -0.15) is 0 Å². The topological polar surface area (TPSA) is 54.0 Å². The van der Waals surface area contributed by atoms with Gasteiger partial charge in [-0.1, -0.05) is 18.2 Å². The minimum atomic E-state index is -0.0326. The van der Waals surface area contributed by atoms with E-state index < -0.39 is 0 Å². The number of ether oxygens (including phenoxy) is 2. The Morgan fingerprint density at radius 1 is 1.16 bits per heavy atom. The van der Waals surface area contributed by atoms with Gasteiger partial charge in [-0.25, -0.2) is 0 Å². The van der Waals surface area contributed by atoms with Crippen molar-refractivity contribution in [2.45, 2.75) is 45.4 Å². The molecule has 2 N–H and O–H groups in total. The highest BCUT2D eigenvalue weighted by molar-refractivity contribution is 5.54. The van der Waals surface area contributed by atoms with Gasteiger partial charge in [0.1, 0.15) is 0 Å². The van der Waals surface area contributed by atoms with Gasteiger partial charge in [-0.3, -0.25) is 0 Å². The normalized spacial score (nSPS) is 26.6. The number of para-hydroxylation sites is 1. The van der Waals surface area contributed by atoms with Crippen LogP contribution in [0, 0.1) is 5.41 Å². The minimum absolute atomic E-state index is 0.0326. The van der Waals surface area contributed by atoms with Crippen molar-refractivity contribution < 1.29 is 14.6 Å². The number of anilines is 1. The largest absolute Gasteiger partial charge is 0.396 e. The van der Waals surface area contributed by atoms with Crippen molar-refractivity contribution >= 4 is 5.69 Å². The van der Waals surface area contributed by atoms with E-state index in [4.69, 9.17) is 9.47 Å². The average molecular weight is 348 g/mol. The Bertz CT molecular complexity index is 535. The van der Waals surface area contributed by atoms with Crippen LogP contribution in [0.4, 0.5) is 5.69 Å². The lowest BCUT2D eigenvalue weighted by Crippen LogP contribution is -2.46. The van der Waals surface area contributed by atoms with Crippen molar-refractivity contribution in [3.63, 3.8) is 0 Å². The molecular formula is C20H32N2O3. The van der Waals surface area contributed by atoms with Gasteiger partial charge in [0.25, 0.3) is 0 Å². The molecule has 0 saturated carbocycles. The molecule has 140 valence electrons. The third-order valence-corrected chi connectivity index (χ3v) is 5.46. The monoisotopic (exact) mass is 348 g/mol. The van der Waals surface area contributed by atoms with Crippen LogP contribution in [-0.2, 0) is 16.0 Å². The van der Waals surface area contributed by atoms with Crippen molar-refractivity contribution in [1.29, 1.82) is 0 Å². The summed E-state index contributed by atoms with van der Waals surface area (Å²) < 4.78 is 11.3. The molecule has 0 amide bonds. The molecule has 2 fully saturated rings. The lowest BCUT2D eigenvalue weighted by atomic mass is 9.81. The molecule has 1 aromatic rings. The standard InChI is InChI=1S/C20H32N2O3/c1-16-12-22(13-17(2)25-16)19-6-4-3-5-18(19)11-21-14-20(15-23)7-9-24-10-8-20/h3-6,16-17,21,23H,7-15H2,1-2H3. The lowest BCUT2D eigenvalue weighted by molar-refractivity contribution is -0.0154. The highest BCUT2D eigenvalue weighted by Crippen LogP contribution is 2.30. The van der Waals surface area contributed by atoms with Gasteiger partial charge in [0.05, 0.1) is 18.8 Å². The molecule has 2 aliphatic rings. The molecule has 0 aromatic heterocycles. The summed E-state index contributed by atoms with van der Waals surface area (Å²) in [7, 11) is 0. The van der Waals surface area contributed by atoms with E-state index in [0.717, 1.165) is 52.2 Å². The summed E-state index contributed by atoms with van der Waals surface area (Å²) in [6.45, 7) is 9.52. The quantitative estimate of drug-likeness (QED) is 0.825. The first-order chi connectivity index (χ1) is 12.1. The second-order valence-corrected chi connectivity index (χ2v) is 7.67. The minimum Gasteiger partial charge on any atom is -0.396 e. The number of aliphatic hydroxyl groups excluding tert-OH is 1. The Morgan fingerprint density at radius 3 is 2.52 bits per heavy atom. The van der Waals surface area contributed by atoms with Crippen LogP contribution in [0.3, 0.4) is 0 Å². The van der Waals surface area contributed by atoms with Gasteiger partial charge in [-0.05, 0) is 38.3 Å². The molecule has 0 bridgehead atoms. The molecule has 5 nitrogen and oxygen atoms in total. The Labute approximate surface area is 151 Å². The van der Waals surface area contributed by atoms with Crippen molar-refractivity contribution in [1.82, 2.24) is 5.32 Å². The highest BCUT2D eigenvalue weighted by Gasteiger charge is 2.31. The Hall–Kier alpha value is -1.14. The van der Waals surface area contributed by atoms with Crippen LogP contribution in [0.15, 0.2) is 24.3 Å². The average Bonchev–Trinajstić information content (AvgIpc) is 2.62. The lowest BCUT2D eigenvalue weighted by Gasteiger charge is -2.38. The first-order valence-electron chi connectivity index (χ1n) is 9.49. The number of aliphatic hydroxyl groups is 1. The van der Waals surface area contributed by atoms with E-state index in [1.165, 1.54) is 11.3 Å². The summed E-state index contributed by atoms with van der Waals surface area (Å²) in [5.74, 6) is 0. The van der Waals surface area contributed by atoms with Crippen molar-refractivity contribution in [3.8, 4) is 0 Å². The van der Waals surface area contributed by atoms with Crippen LogP contribution in [0.25, 0.3) is 0 Å². The molecule has 1 aromatic carbocycles. The van der Waals surface area contributed by atoms with Gasteiger partial charge in [0.15, 0.2) is 0 Å². The van der Waals surface area contributed by atoms with Crippen LogP contribution in [0.2, 0.25) is 0 Å². The predicted octanol–water partition coefficient (Wildman–Crippen LogP) is 2.18. The van der Waals surface area contributed by atoms with E-state index in [9.17, 15) is 5.11 Å². The van der Waals surface area contributed by atoms with Crippen LogP contribution in [-0.4, -0.2) is 56.8 Å². The van der Waals surface area contributed by atoms with Gasteiger partial charge < -0.3 is 24.8 Å². The molecule has 0 aliphatic carbocycles. The first-order valence-corrected chi connectivity index (χ1v) is 9.49. The first kappa shape index (κ1) is 18.6. The summed E-state index contributed by atoms with van der Waals surface area (Å²) in [6, 6.07) is 8.61. The Kier molecular flexibility index (Phi) is 6.34. The number of hydrogen-bond donors (Lipinski definition) is 2. The SMILES string of the molecule is CC1CN(c2ccccc2CNCC2(CO)CCOCC2)CC(C)O1. The third-order valence-electron chi connectivity index (χ3n) is 5.46. The maximum absolute atomic E-state index is 9.84. The molecule has 2 saturated heterocycles. The second-order valence-electron chi connectivity index (χ2n) is 7.67. The number of nitrogens with zero attached hydrogens (tertiary/aromatic N) is 1. The number of rotatable bonds is 6. The van der Waals surface area contributed by atoms with Crippen LogP contribution in [0.1, 0.15) is 32.3 Å². The van der Waals surface area contributed by atoms with Crippen LogP contribution < -0.4 is 10.2 Å². The zero-order valence-corrected chi connectivity index (χ0v) is 15.5. The van der Waals surface area contributed by atoms with E-state index in [0.29, 0.717) is 0 Å². The Morgan fingerprint density at radius 2 is 1.84 bits per heavy atom. The van der Waals surface area contributed by atoms with E-state index in [2.05, 4.69) is 48.3 Å². The molecule has 0 radical (unpaired) electrons. The molecule has 2 atom stereocenters. The fourth-order valence-electron chi connectivity index (χ4n) is 4.00. The summed E-state index contributed by atoms with van der Waals surface area (Å²) in [4.78, 5) is 2.44. The van der Waals surface area contributed by atoms with Gasteiger partial charge >= 0.3 is 0 Å². The third kappa shape index (κ3) is 4.73. The van der Waals surface area contributed by atoms with Gasteiger partial charge in [-0.15, -0.1) is 0 Å². The number of nitrogens with one attached hydrogen (secondary N) is 1. The molecule has 5 heteroatoms. The van der Waals surface area contributed by atoms with Crippen molar-refractivity contribution in [3.05, 3.63) is 29.8 Å². The smallest absolute Gasteiger partial charge is 0.0726 e. The maximum Gasteiger partial charge on any atom is 0.0726 e. The molecule has 2 heterocycles. The number of morpholine rings is 1. The molecular weight excluding hydrogens is 316 g/mol. The van der Waals surface area contributed by atoms with Gasteiger partial charge in [0.2, 0.25) is 0 Å². The molecule has 0 spiro atoms. The van der Waals surface area contributed by atoms with Crippen molar-refractivity contribution in [2.75, 3.05) is 44.4 Å². The summed E-state index contributed by atoms with van der Waals surface area (Å²) in [6.07, 6.45) is 2.36. The molecule has 3 rings (SSSR count). The van der Waals surface area contributed by atoms with E-state index in [1.807, 2.05) is 0 Å². The Balaban J connectivity index is 1.63. The molecule has 2 aliphatic heterocycles. The fraction of sp³-hybridized carbons (Fsp3) is 0.700. The second kappa shape index (κ2) is 8.49.